The number of phenols is 1. The van der Waals surface area contributed by atoms with Crippen molar-refractivity contribution in [1.29, 1.82) is 0 Å². The number of nitrogens with zero attached hydrogens (tertiary/aromatic N) is 1. The minimum Gasteiger partial charge on any atom is -0.506 e. The van der Waals surface area contributed by atoms with Crippen LogP contribution in [0, 0.1) is 0 Å². The molecule has 1 aliphatic rings. The number of carbonyl (C=O) groups excluding carboxylic acids is 1. The second-order valence-electron chi connectivity index (χ2n) is 5.31. The van der Waals surface area contributed by atoms with Gasteiger partial charge in [0.15, 0.2) is 0 Å². The number of aliphatic hydroxyl groups is 1. The first kappa shape index (κ1) is 14.2. The van der Waals surface area contributed by atoms with Crippen molar-refractivity contribution in [3.63, 3.8) is 0 Å². The van der Waals surface area contributed by atoms with Crippen LogP contribution in [0.3, 0.4) is 0 Å². The van der Waals surface area contributed by atoms with Crippen LogP contribution in [0.5, 0.6) is 5.75 Å². The smallest absolute Gasteiger partial charge is 0.253 e. The standard InChI is InChI=1S/C14H18ClNO3/c1-14(19)5-2-7-16(8-6-14)13(18)10-3-4-12(17)11(15)9-10/h3-4,9,17,19H,2,5-8H2,1H3. The van der Waals surface area contributed by atoms with Crippen molar-refractivity contribution in [3.05, 3.63) is 28.8 Å². The molecular formula is C14H18ClNO3. The molecule has 1 aromatic rings. The SMILES string of the molecule is CC1(O)CCCN(C(=O)c2ccc(O)c(Cl)c2)CC1. The van der Waals surface area contributed by atoms with E-state index in [0.717, 1.165) is 6.42 Å². The second-order valence-corrected chi connectivity index (χ2v) is 5.72. The third kappa shape index (κ3) is 3.39. The highest BCUT2D eigenvalue weighted by atomic mass is 35.5. The third-order valence-electron chi connectivity index (χ3n) is 3.55. The average molecular weight is 284 g/mol. The van der Waals surface area contributed by atoms with Crippen molar-refractivity contribution >= 4 is 17.5 Å². The van der Waals surface area contributed by atoms with Gasteiger partial charge >= 0.3 is 0 Å². The third-order valence-corrected chi connectivity index (χ3v) is 3.85. The molecule has 1 heterocycles. The summed E-state index contributed by atoms with van der Waals surface area (Å²) in [5.74, 6) is -0.142. The molecule has 0 aliphatic carbocycles. The summed E-state index contributed by atoms with van der Waals surface area (Å²) in [6.07, 6.45) is 2.06. The Morgan fingerprint density at radius 2 is 2.11 bits per heavy atom. The van der Waals surface area contributed by atoms with Gasteiger partial charge in [0.05, 0.1) is 10.6 Å². The zero-order chi connectivity index (χ0) is 14.0. The van der Waals surface area contributed by atoms with E-state index in [1.165, 1.54) is 12.1 Å². The Hall–Kier alpha value is -1.26. The Morgan fingerprint density at radius 1 is 1.37 bits per heavy atom. The van der Waals surface area contributed by atoms with Crippen LogP contribution in [-0.2, 0) is 0 Å². The monoisotopic (exact) mass is 283 g/mol. The summed E-state index contributed by atoms with van der Waals surface area (Å²) in [5.41, 5.74) is -0.230. The van der Waals surface area contributed by atoms with Crippen LogP contribution < -0.4 is 0 Å². The van der Waals surface area contributed by atoms with E-state index < -0.39 is 5.60 Å². The molecule has 0 bridgehead atoms. The summed E-state index contributed by atoms with van der Waals surface area (Å²) in [5, 5.41) is 19.5. The molecule has 1 atom stereocenters. The fraction of sp³-hybridized carbons (Fsp3) is 0.500. The summed E-state index contributed by atoms with van der Waals surface area (Å²) < 4.78 is 0. The van der Waals surface area contributed by atoms with E-state index in [0.29, 0.717) is 31.5 Å². The van der Waals surface area contributed by atoms with Crippen LogP contribution in [0.2, 0.25) is 5.02 Å². The Kier molecular flexibility index (Phi) is 4.02. The van der Waals surface area contributed by atoms with Gasteiger partial charge in [0.25, 0.3) is 5.91 Å². The lowest BCUT2D eigenvalue weighted by atomic mass is 9.98. The summed E-state index contributed by atoms with van der Waals surface area (Å²) in [6, 6.07) is 4.46. The van der Waals surface area contributed by atoms with Crippen LogP contribution in [0.1, 0.15) is 36.5 Å². The molecule has 1 saturated heterocycles. The number of halogens is 1. The molecule has 4 nitrogen and oxygen atoms in total. The van der Waals surface area contributed by atoms with Crippen molar-refractivity contribution in [3.8, 4) is 5.75 Å². The van der Waals surface area contributed by atoms with E-state index >= 15 is 0 Å². The Labute approximate surface area is 117 Å². The zero-order valence-electron chi connectivity index (χ0n) is 10.9. The molecular weight excluding hydrogens is 266 g/mol. The van der Waals surface area contributed by atoms with E-state index in [9.17, 15) is 15.0 Å². The quantitative estimate of drug-likeness (QED) is 0.832. The lowest BCUT2D eigenvalue weighted by molar-refractivity contribution is 0.0438. The maximum Gasteiger partial charge on any atom is 0.253 e. The van der Waals surface area contributed by atoms with Gasteiger partial charge in [0.1, 0.15) is 5.75 Å². The number of amides is 1. The van der Waals surface area contributed by atoms with Crippen LogP contribution >= 0.6 is 11.6 Å². The average Bonchev–Trinajstić information content (AvgIpc) is 2.53. The van der Waals surface area contributed by atoms with Gasteiger partial charge in [0.2, 0.25) is 0 Å². The van der Waals surface area contributed by atoms with Crippen LogP contribution in [0.15, 0.2) is 18.2 Å². The molecule has 2 rings (SSSR count). The molecule has 1 aliphatic heterocycles. The van der Waals surface area contributed by atoms with Crippen LogP contribution in [0.4, 0.5) is 0 Å². The van der Waals surface area contributed by atoms with Crippen LogP contribution in [0.25, 0.3) is 0 Å². The maximum absolute atomic E-state index is 12.3. The molecule has 1 amide bonds. The van der Waals surface area contributed by atoms with Gasteiger partial charge in [-0.3, -0.25) is 4.79 Å². The van der Waals surface area contributed by atoms with E-state index in [4.69, 9.17) is 11.6 Å². The summed E-state index contributed by atoms with van der Waals surface area (Å²) in [7, 11) is 0. The molecule has 2 N–H and O–H groups in total. The van der Waals surface area contributed by atoms with Gasteiger partial charge < -0.3 is 15.1 Å². The van der Waals surface area contributed by atoms with Gasteiger partial charge in [-0.05, 0) is 44.4 Å². The molecule has 0 spiro atoms. The molecule has 1 fully saturated rings. The van der Waals surface area contributed by atoms with Crippen molar-refractivity contribution in [1.82, 2.24) is 4.90 Å². The summed E-state index contributed by atoms with van der Waals surface area (Å²) in [6.45, 7) is 2.97. The van der Waals surface area contributed by atoms with E-state index in [1.807, 2.05) is 0 Å². The molecule has 1 unspecified atom stereocenters. The molecule has 1 aromatic carbocycles. The largest absolute Gasteiger partial charge is 0.506 e. The Morgan fingerprint density at radius 3 is 2.79 bits per heavy atom. The number of likely N-dealkylation sites (tertiary alicyclic amines) is 1. The van der Waals surface area contributed by atoms with E-state index in [2.05, 4.69) is 0 Å². The van der Waals surface area contributed by atoms with Gasteiger partial charge in [0, 0.05) is 18.7 Å². The zero-order valence-corrected chi connectivity index (χ0v) is 11.7. The van der Waals surface area contributed by atoms with Crippen molar-refractivity contribution in [2.75, 3.05) is 13.1 Å². The molecule has 0 aromatic heterocycles. The number of hydrogen-bond acceptors (Lipinski definition) is 3. The molecule has 5 heteroatoms. The predicted octanol–water partition coefficient (Wildman–Crippen LogP) is 2.42. The summed E-state index contributed by atoms with van der Waals surface area (Å²) in [4.78, 5) is 14.1. The Bertz CT molecular complexity index is 488. The van der Waals surface area contributed by atoms with Gasteiger partial charge in [-0.1, -0.05) is 11.6 Å². The molecule has 104 valence electrons. The number of benzene rings is 1. The fourth-order valence-electron chi connectivity index (χ4n) is 2.29. The fourth-order valence-corrected chi connectivity index (χ4v) is 2.47. The van der Waals surface area contributed by atoms with Crippen LogP contribution in [-0.4, -0.2) is 39.7 Å². The highest BCUT2D eigenvalue weighted by Crippen LogP contribution is 2.26. The highest BCUT2D eigenvalue weighted by molar-refractivity contribution is 6.32. The Balaban J connectivity index is 2.13. The second kappa shape index (κ2) is 5.39. The number of hydrogen-bond donors (Lipinski definition) is 2. The van der Waals surface area contributed by atoms with Gasteiger partial charge in [-0.2, -0.15) is 0 Å². The minimum atomic E-state index is -0.693. The lowest BCUT2D eigenvalue weighted by Gasteiger charge is -2.22. The normalized spacial score (nSPS) is 24.1. The molecule has 0 radical (unpaired) electrons. The van der Waals surface area contributed by atoms with Gasteiger partial charge in [-0.15, -0.1) is 0 Å². The van der Waals surface area contributed by atoms with Crippen molar-refractivity contribution in [2.24, 2.45) is 0 Å². The molecule has 19 heavy (non-hydrogen) atoms. The number of carbonyl (C=O) groups is 1. The first-order chi connectivity index (χ1) is 8.89. The topological polar surface area (TPSA) is 60.8 Å². The highest BCUT2D eigenvalue weighted by Gasteiger charge is 2.27. The first-order valence-electron chi connectivity index (χ1n) is 6.39. The number of aromatic hydroxyl groups is 1. The first-order valence-corrected chi connectivity index (χ1v) is 6.77. The minimum absolute atomic E-state index is 0.0305. The number of rotatable bonds is 1. The number of phenolic OH excluding ortho intramolecular Hbond substituents is 1. The lowest BCUT2D eigenvalue weighted by Crippen LogP contribution is -2.33. The van der Waals surface area contributed by atoms with Gasteiger partial charge in [-0.25, -0.2) is 0 Å². The van der Waals surface area contributed by atoms with Crippen molar-refractivity contribution in [2.45, 2.75) is 31.8 Å². The molecule has 0 saturated carbocycles. The van der Waals surface area contributed by atoms with E-state index in [-0.39, 0.29) is 16.7 Å². The van der Waals surface area contributed by atoms with E-state index in [1.54, 1.807) is 17.9 Å². The van der Waals surface area contributed by atoms with Crippen molar-refractivity contribution < 1.29 is 15.0 Å². The predicted molar refractivity (Wildman–Crippen MR) is 73.5 cm³/mol. The summed E-state index contributed by atoms with van der Waals surface area (Å²) >= 11 is 5.81. The maximum atomic E-state index is 12.3.